The molecule has 20 heavy (non-hydrogen) atoms. The van der Waals surface area contributed by atoms with Gasteiger partial charge in [-0.2, -0.15) is 0 Å². The molecule has 1 rings (SSSR count). The van der Waals surface area contributed by atoms with Crippen LogP contribution in [0.15, 0.2) is 18.3 Å². The normalized spacial score (nSPS) is 10.2. The van der Waals surface area contributed by atoms with Crippen molar-refractivity contribution >= 4 is 23.5 Å². The molecule has 0 radical (unpaired) electrons. The average Bonchev–Trinajstić information content (AvgIpc) is 2.43. The van der Waals surface area contributed by atoms with E-state index in [1.165, 1.54) is 18.2 Å². The number of halogens is 1. The molecule has 0 aliphatic rings. The molecule has 0 saturated heterocycles. The van der Waals surface area contributed by atoms with Gasteiger partial charge in [0.25, 0.3) is 5.91 Å². The van der Waals surface area contributed by atoms with Gasteiger partial charge in [-0.25, -0.2) is 4.98 Å². The maximum Gasteiger partial charge on any atom is 0.325 e. The topological polar surface area (TPSA) is 68.7 Å². The number of amides is 1. The third-order valence-corrected chi connectivity index (χ3v) is 2.77. The molecule has 1 amide bonds. The predicted octanol–water partition coefficient (Wildman–Crippen LogP) is 1.39. The highest BCUT2D eigenvalue weighted by molar-refractivity contribution is 6.32. The Kier molecular flexibility index (Phi) is 6.97. The van der Waals surface area contributed by atoms with Gasteiger partial charge in [0, 0.05) is 19.9 Å². The molecule has 6 nitrogen and oxygen atoms in total. The summed E-state index contributed by atoms with van der Waals surface area (Å²) in [5.41, 5.74) is 0.245. The minimum Gasteiger partial charge on any atom is -0.465 e. The average molecular weight is 301 g/mol. The van der Waals surface area contributed by atoms with Crippen molar-refractivity contribution in [2.45, 2.75) is 6.92 Å². The first kappa shape index (κ1) is 16.4. The highest BCUT2D eigenvalue weighted by atomic mass is 35.5. The van der Waals surface area contributed by atoms with E-state index < -0.39 is 5.97 Å². The summed E-state index contributed by atoms with van der Waals surface area (Å²) in [4.78, 5) is 29.1. The van der Waals surface area contributed by atoms with E-state index in [2.05, 4.69) is 4.98 Å². The molecule has 0 bridgehead atoms. The van der Waals surface area contributed by atoms with Gasteiger partial charge >= 0.3 is 5.97 Å². The molecule has 0 atom stereocenters. The number of hydrogen-bond acceptors (Lipinski definition) is 5. The molecule has 1 aromatic heterocycles. The van der Waals surface area contributed by atoms with Gasteiger partial charge in [0.1, 0.15) is 11.7 Å². The SMILES string of the molecule is CCOC(=O)CN(CCOC)C(=O)c1cccnc1Cl. The number of pyridine rings is 1. The molecule has 0 aliphatic heterocycles. The van der Waals surface area contributed by atoms with Crippen molar-refractivity contribution in [2.75, 3.05) is 33.4 Å². The van der Waals surface area contributed by atoms with Crippen LogP contribution in [0.1, 0.15) is 17.3 Å². The van der Waals surface area contributed by atoms with E-state index in [0.29, 0.717) is 6.61 Å². The fraction of sp³-hybridized carbons (Fsp3) is 0.462. The van der Waals surface area contributed by atoms with Crippen LogP contribution in [0.25, 0.3) is 0 Å². The van der Waals surface area contributed by atoms with Crippen LogP contribution in [0.2, 0.25) is 5.15 Å². The number of hydrogen-bond donors (Lipinski definition) is 0. The molecule has 0 spiro atoms. The zero-order valence-corrected chi connectivity index (χ0v) is 12.2. The molecule has 0 aliphatic carbocycles. The summed E-state index contributed by atoms with van der Waals surface area (Å²) in [7, 11) is 1.52. The third-order valence-electron chi connectivity index (χ3n) is 2.47. The monoisotopic (exact) mass is 300 g/mol. The molecule has 7 heteroatoms. The van der Waals surface area contributed by atoms with Crippen molar-refractivity contribution in [1.29, 1.82) is 0 Å². The maximum atomic E-state index is 12.3. The zero-order chi connectivity index (χ0) is 15.0. The number of esters is 1. The number of carbonyl (C=O) groups excluding carboxylic acids is 2. The lowest BCUT2D eigenvalue weighted by Crippen LogP contribution is -2.38. The molecular weight excluding hydrogens is 284 g/mol. The van der Waals surface area contributed by atoms with E-state index in [4.69, 9.17) is 21.1 Å². The minimum absolute atomic E-state index is 0.101. The summed E-state index contributed by atoms with van der Waals surface area (Å²) < 4.78 is 9.78. The number of ether oxygens (including phenoxy) is 2. The largest absolute Gasteiger partial charge is 0.465 e. The molecule has 0 unspecified atom stereocenters. The quantitative estimate of drug-likeness (QED) is 0.562. The Bertz CT molecular complexity index is 467. The molecular formula is C13H17ClN2O4. The lowest BCUT2D eigenvalue weighted by Gasteiger charge is -2.21. The molecule has 0 fully saturated rings. The van der Waals surface area contributed by atoms with Crippen LogP contribution in [-0.4, -0.2) is 55.2 Å². The number of aromatic nitrogens is 1. The van der Waals surface area contributed by atoms with Crippen molar-refractivity contribution in [2.24, 2.45) is 0 Å². The summed E-state index contributed by atoms with van der Waals surface area (Å²) in [5.74, 6) is -0.856. The van der Waals surface area contributed by atoms with Crippen molar-refractivity contribution < 1.29 is 19.1 Å². The zero-order valence-electron chi connectivity index (χ0n) is 11.5. The van der Waals surface area contributed by atoms with E-state index in [1.807, 2.05) is 0 Å². The van der Waals surface area contributed by atoms with E-state index in [-0.39, 0.29) is 36.3 Å². The van der Waals surface area contributed by atoms with Gasteiger partial charge in [0.05, 0.1) is 18.8 Å². The van der Waals surface area contributed by atoms with Crippen LogP contribution in [0, 0.1) is 0 Å². The van der Waals surface area contributed by atoms with Gasteiger partial charge in [-0.1, -0.05) is 11.6 Å². The smallest absolute Gasteiger partial charge is 0.325 e. The Hall–Kier alpha value is -1.66. The van der Waals surface area contributed by atoms with E-state index in [0.717, 1.165) is 0 Å². The van der Waals surface area contributed by atoms with E-state index in [9.17, 15) is 9.59 Å². The number of methoxy groups -OCH3 is 1. The second kappa shape index (κ2) is 8.50. The standard InChI is InChI=1S/C13H17ClN2O4/c1-3-20-11(17)9-16(7-8-19-2)13(18)10-5-4-6-15-12(10)14/h4-6H,3,7-9H2,1-2H3. The van der Waals surface area contributed by atoms with Gasteiger partial charge in [-0.05, 0) is 19.1 Å². The molecule has 0 N–H and O–H groups in total. The first-order valence-electron chi connectivity index (χ1n) is 6.14. The predicted molar refractivity (Wildman–Crippen MR) is 73.7 cm³/mol. The summed E-state index contributed by atoms with van der Waals surface area (Å²) in [6.45, 7) is 2.39. The van der Waals surface area contributed by atoms with Crippen LogP contribution in [0.5, 0.6) is 0 Å². The van der Waals surface area contributed by atoms with E-state index in [1.54, 1.807) is 19.1 Å². The summed E-state index contributed by atoms with van der Waals surface area (Å²) in [6.07, 6.45) is 1.49. The Labute approximate surface area is 122 Å². The second-order valence-corrected chi connectivity index (χ2v) is 4.22. The number of rotatable bonds is 7. The van der Waals surface area contributed by atoms with Crippen molar-refractivity contribution in [3.63, 3.8) is 0 Å². The van der Waals surface area contributed by atoms with Crippen molar-refractivity contribution in [3.05, 3.63) is 29.0 Å². The number of carbonyl (C=O) groups is 2. The lowest BCUT2D eigenvalue weighted by molar-refractivity contribution is -0.143. The summed E-state index contributed by atoms with van der Waals surface area (Å²) >= 11 is 5.89. The summed E-state index contributed by atoms with van der Waals surface area (Å²) in [5, 5.41) is 0.101. The molecule has 0 aromatic carbocycles. The van der Waals surface area contributed by atoms with Gasteiger partial charge in [0.15, 0.2) is 0 Å². The molecule has 0 saturated carbocycles. The van der Waals surface area contributed by atoms with Crippen LogP contribution < -0.4 is 0 Å². The minimum atomic E-state index is -0.475. The van der Waals surface area contributed by atoms with Crippen LogP contribution >= 0.6 is 11.6 Å². The first-order chi connectivity index (χ1) is 9.60. The molecule has 1 aromatic rings. The van der Waals surface area contributed by atoms with Crippen molar-refractivity contribution in [3.8, 4) is 0 Å². The maximum absolute atomic E-state index is 12.3. The Morgan fingerprint density at radius 1 is 1.45 bits per heavy atom. The second-order valence-electron chi connectivity index (χ2n) is 3.87. The van der Waals surface area contributed by atoms with Gasteiger partial charge in [0.2, 0.25) is 0 Å². The fourth-order valence-corrected chi connectivity index (χ4v) is 1.73. The van der Waals surface area contributed by atoms with Crippen LogP contribution in [-0.2, 0) is 14.3 Å². The van der Waals surface area contributed by atoms with Gasteiger partial charge in [-0.15, -0.1) is 0 Å². The molecule has 110 valence electrons. The highest BCUT2D eigenvalue weighted by Gasteiger charge is 2.21. The summed E-state index contributed by atoms with van der Waals surface area (Å²) in [6, 6.07) is 3.17. The molecule has 1 heterocycles. The van der Waals surface area contributed by atoms with Crippen molar-refractivity contribution in [1.82, 2.24) is 9.88 Å². The Balaban J connectivity index is 2.84. The van der Waals surface area contributed by atoms with Crippen LogP contribution in [0.3, 0.4) is 0 Å². The Morgan fingerprint density at radius 2 is 2.20 bits per heavy atom. The number of nitrogens with zero attached hydrogens (tertiary/aromatic N) is 2. The van der Waals surface area contributed by atoms with E-state index >= 15 is 0 Å². The Morgan fingerprint density at radius 3 is 2.80 bits per heavy atom. The third kappa shape index (κ3) is 4.79. The van der Waals surface area contributed by atoms with Crippen LogP contribution in [0.4, 0.5) is 0 Å². The fourth-order valence-electron chi connectivity index (χ4n) is 1.53. The van der Waals surface area contributed by atoms with Gasteiger partial charge < -0.3 is 14.4 Å². The highest BCUT2D eigenvalue weighted by Crippen LogP contribution is 2.14. The first-order valence-corrected chi connectivity index (χ1v) is 6.52. The lowest BCUT2D eigenvalue weighted by atomic mass is 10.2. The van der Waals surface area contributed by atoms with Gasteiger partial charge in [-0.3, -0.25) is 9.59 Å².